The Bertz CT molecular complexity index is 291. The Kier molecular flexibility index (Phi) is 5.36. The molecule has 3 heteroatoms. The average Bonchev–Trinajstić information content (AvgIpc) is 2.61. The molecule has 0 aromatic carbocycles. The number of nitrogens with one attached hydrogen (secondary N) is 1. The maximum atomic E-state index is 4.37. The van der Waals surface area contributed by atoms with E-state index in [-0.39, 0.29) is 0 Å². The molecule has 0 amide bonds. The van der Waals surface area contributed by atoms with Crippen LogP contribution in [-0.4, -0.2) is 15.6 Å². The van der Waals surface area contributed by atoms with Gasteiger partial charge in [-0.15, -0.1) is 0 Å². The van der Waals surface area contributed by atoms with E-state index in [1.807, 2.05) is 6.20 Å². The zero-order valence-corrected chi connectivity index (χ0v) is 11.0. The van der Waals surface area contributed by atoms with Crippen LogP contribution in [-0.2, 0) is 6.54 Å². The number of imidazole rings is 1. The lowest BCUT2D eigenvalue weighted by Gasteiger charge is -2.17. The maximum absolute atomic E-state index is 4.37. The molecule has 1 aromatic rings. The molecular formula is C13H25N3. The molecular weight excluding hydrogens is 198 g/mol. The van der Waals surface area contributed by atoms with Crippen LogP contribution in [0, 0.1) is 5.92 Å². The molecule has 0 saturated carbocycles. The summed E-state index contributed by atoms with van der Waals surface area (Å²) < 4.78 is 2.21. The fourth-order valence-electron chi connectivity index (χ4n) is 1.94. The molecule has 1 atom stereocenters. The highest BCUT2D eigenvalue weighted by Crippen LogP contribution is 2.12. The lowest BCUT2D eigenvalue weighted by molar-refractivity contribution is 0.533. The van der Waals surface area contributed by atoms with Gasteiger partial charge in [0.15, 0.2) is 0 Å². The summed E-state index contributed by atoms with van der Waals surface area (Å²) in [6, 6.07) is 0.489. The van der Waals surface area contributed by atoms with E-state index in [9.17, 15) is 0 Å². The van der Waals surface area contributed by atoms with Gasteiger partial charge >= 0.3 is 0 Å². The van der Waals surface area contributed by atoms with Crippen LogP contribution in [0.5, 0.6) is 0 Å². The first-order chi connectivity index (χ1) is 7.63. The van der Waals surface area contributed by atoms with Crippen molar-refractivity contribution in [1.82, 2.24) is 9.55 Å². The molecule has 0 aliphatic rings. The smallest absolute Gasteiger partial charge is 0.202 e. The normalized spacial score (nSPS) is 13.1. The highest BCUT2D eigenvalue weighted by molar-refractivity contribution is 5.27. The van der Waals surface area contributed by atoms with Crippen molar-refractivity contribution < 1.29 is 0 Å². The van der Waals surface area contributed by atoms with E-state index in [2.05, 4.69) is 48.8 Å². The highest BCUT2D eigenvalue weighted by atomic mass is 15.2. The van der Waals surface area contributed by atoms with E-state index < -0.39 is 0 Å². The first kappa shape index (κ1) is 13.1. The molecule has 0 saturated heterocycles. The number of rotatable bonds is 7. The van der Waals surface area contributed by atoms with Gasteiger partial charge in [0.1, 0.15) is 0 Å². The SMILES string of the molecule is CCCCn1ccnc1NC(C)CC(C)C. The summed E-state index contributed by atoms with van der Waals surface area (Å²) in [6.07, 6.45) is 7.55. The van der Waals surface area contributed by atoms with Crippen LogP contribution in [0.15, 0.2) is 12.4 Å². The van der Waals surface area contributed by atoms with E-state index in [0.717, 1.165) is 18.4 Å². The Balaban J connectivity index is 2.49. The molecule has 1 heterocycles. The number of nitrogens with zero attached hydrogens (tertiary/aromatic N) is 2. The van der Waals surface area contributed by atoms with Crippen LogP contribution in [0.2, 0.25) is 0 Å². The number of hydrogen-bond acceptors (Lipinski definition) is 2. The third kappa shape index (κ3) is 4.25. The first-order valence-electron chi connectivity index (χ1n) is 6.41. The molecule has 0 aliphatic heterocycles. The van der Waals surface area contributed by atoms with Crippen molar-refractivity contribution in [2.24, 2.45) is 5.92 Å². The minimum atomic E-state index is 0.489. The molecule has 3 nitrogen and oxygen atoms in total. The topological polar surface area (TPSA) is 29.9 Å². The molecule has 0 aliphatic carbocycles. The van der Waals surface area contributed by atoms with E-state index in [0.29, 0.717) is 6.04 Å². The predicted molar refractivity (Wildman–Crippen MR) is 69.7 cm³/mol. The minimum absolute atomic E-state index is 0.489. The number of anilines is 1. The van der Waals surface area contributed by atoms with Crippen LogP contribution in [0.1, 0.15) is 47.0 Å². The summed E-state index contributed by atoms with van der Waals surface area (Å²) in [6.45, 7) is 10.0. The molecule has 92 valence electrons. The fraction of sp³-hybridized carbons (Fsp3) is 0.769. The quantitative estimate of drug-likeness (QED) is 0.766. The van der Waals surface area contributed by atoms with Gasteiger partial charge in [-0.3, -0.25) is 0 Å². The number of hydrogen-bond donors (Lipinski definition) is 1. The van der Waals surface area contributed by atoms with E-state index >= 15 is 0 Å². The van der Waals surface area contributed by atoms with Crippen LogP contribution in [0.3, 0.4) is 0 Å². The van der Waals surface area contributed by atoms with Crippen LogP contribution >= 0.6 is 0 Å². The Morgan fingerprint density at radius 1 is 1.38 bits per heavy atom. The highest BCUT2D eigenvalue weighted by Gasteiger charge is 2.08. The zero-order chi connectivity index (χ0) is 12.0. The van der Waals surface area contributed by atoms with Gasteiger partial charge in [0, 0.05) is 25.0 Å². The van der Waals surface area contributed by atoms with E-state index in [4.69, 9.17) is 0 Å². The summed E-state index contributed by atoms with van der Waals surface area (Å²) in [5, 5.41) is 3.48. The van der Waals surface area contributed by atoms with Crippen molar-refractivity contribution in [2.45, 2.75) is 59.5 Å². The van der Waals surface area contributed by atoms with Gasteiger partial charge in [0.2, 0.25) is 5.95 Å². The van der Waals surface area contributed by atoms with Gasteiger partial charge < -0.3 is 9.88 Å². The van der Waals surface area contributed by atoms with Gasteiger partial charge in [-0.05, 0) is 25.7 Å². The minimum Gasteiger partial charge on any atom is -0.353 e. The van der Waals surface area contributed by atoms with Gasteiger partial charge in [-0.2, -0.15) is 0 Å². The maximum Gasteiger partial charge on any atom is 0.202 e. The van der Waals surface area contributed by atoms with Crippen molar-refractivity contribution in [1.29, 1.82) is 0 Å². The second-order valence-electron chi connectivity index (χ2n) is 4.97. The van der Waals surface area contributed by atoms with E-state index in [1.165, 1.54) is 19.3 Å². The molecule has 0 bridgehead atoms. The fourth-order valence-corrected chi connectivity index (χ4v) is 1.94. The van der Waals surface area contributed by atoms with Gasteiger partial charge in [0.05, 0.1) is 0 Å². The zero-order valence-electron chi connectivity index (χ0n) is 11.0. The largest absolute Gasteiger partial charge is 0.353 e. The monoisotopic (exact) mass is 223 g/mol. The average molecular weight is 223 g/mol. The predicted octanol–water partition coefficient (Wildman–Crippen LogP) is 3.53. The molecule has 0 spiro atoms. The van der Waals surface area contributed by atoms with Gasteiger partial charge in [-0.25, -0.2) is 4.98 Å². The number of aromatic nitrogens is 2. The number of unbranched alkanes of at least 4 members (excludes halogenated alkanes) is 1. The van der Waals surface area contributed by atoms with E-state index in [1.54, 1.807) is 0 Å². The molecule has 1 N–H and O–H groups in total. The van der Waals surface area contributed by atoms with Crippen LogP contribution < -0.4 is 5.32 Å². The van der Waals surface area contributed by atoms with Crippen molar-refractivity contribution in [3.05, 3.63) is 12.4 Å². The van der Waals surface area contributed by atoms with Crippen LogP contribution in [0.25, 0.3) is 0 Å². The van der Waals surface area contributed by atoms with Crippen LogP contribution in [0.4, 0.5) is 5.95 Å². The Morgan fingerprint density at radius 2 is 2.12 bits per heavy atom. The summed E-state index contributed by atoms with van der Waals surface area (Å²) in [5.74, 6) is 1.74. The molecule has 1 aromatic heterocycles. The first-order valence-corrected chi connectivity index (χ1v) is 6.41. The Morgan fingerprint density at radius 3 is 2.75 bits per heavy atom. The Hall–Kier alpha value is -0.990. The van der Waals surface area contributed by atoms with Crippen molar-refractivity contribution >= 4 is 5.95 Å². The molecule has 1 rings (SSSR count). The standard InChI is InChI=1S/C13H25N3/c1-5-6-8-16-9-7-14-13(16)15-12(4)10-11(2)3/h7,9,11-12H,5-6,8,10H2,1-4H3,(H,14,15). The lowest BCUT2D eigenvalue weighted by Crippen LogP contribution is -2.20. The Labute approximate surface area is 99.3 Å². The third-order valence-electron chi connectivity index (χ3n) is 2.67. The summed E-state index contributed by atoms with van der Waals surface area (Å²) in [4.78, 5) is 4.37. The third-order valence-corrected chi connectivity index (χ3v) is 2.67. The van der Waals surface area contributed by atoms with Crippen molar-refractivity contribution in [3.8, 4) is 0 Å². The molecule has 0 fully saturated rings. The molecule has 0 radical (unpaired) electrons. The van der Waals surface area contributed by atoms with Crippen molar-refractivity contribution in [3.63, 3.8) is 0 Å². The summed E-state index contributed by atoms with van der Waals surface area (Å²) in [7, 11) is 0. The van der Waals surface area contributed by atoms with Crippen molar-refractivity contribution in [2.75, 3.05) is 5.32 Å². The lowest BCUT2D eigenvalue weighted by atomic mass is 10.1. The number of aryl methyl sites for hydroxylation is 1. The molecule has 1 unspecified atom stereocenters. The summed E-state index contributed by atoms with van der Waals surface area (Å²) in [5.41, 5.74) is 0. The second kappa shape index (κ2) is 6.56. The second-order valence-corrected chi connectivity index (χ2v) is 4.97. The van der Waals surface area contributed by atoms with Gasteiger partial charge in [0.25, 0.3) is 0 Å². The molecule has 16 heavy (non-hydrogen) atoms. The summed E-state index contributed by atoms with van der Waals surface area (Å²) >= 11 is 0. The van der Waals surface area contributed by atoms with Gasteiger partial charge in [-0.1, -0.05) is 27.2 Å².